The van der Waals surface area contributed by atoms with Gasteiger partial charge in [0, 0.05) is 44.4 Å². The molecule has 0 radical (unpaired) electrons. The summed E-state index contributed by atoms with van der Waals surface area (Å²) >= 11 is 0. The van der Waals surface area contributed by atoms with Crippen molar-refractivity contribution in [2.24, 2.45) is 5.92 Å². The van der Waals surface area contributed by atoms with Gasteiger partial charge in [-0.2, -0.15) is 5.10 Å². The van der Waals surface area contributed by atoms with Crippen LogP contribution >= 0.6 is 0 Å². The molecular formula is C28H32N4O2. The fourth-order valence-electron chi connectivity index (χ4n) is 5.10. The van der Waals surface area contributed by atoms with Crippen LogP contribution in [0, 0.1) is 12.8 Å². The zero-order valence-corrected chi connectivity index (χ0v) is 19.8. The second-order valence-corrected chi connectivity index (χ2v) is 9.57. The third kappa shape index (κ3) is 4.76. The maximum absolute atomic E-state index is 13.7. The van der Waals surface area contributed by atoms with Gasteiger partial charge in [0.25, 0.3) is 5.91 Å². The van der Waals surface area contributed by atoms with Crippen LogP contribution in [0.2, 0.25) is 0 Å². The van der Waals surface area contributed by atoms with E-state index in [1.54, 1.807) is 4.68 Å². The lowest BCUT2D eigenvalue weighted by molar-refractivity contribution is -0.131. The number of aryl methyl sites for hydroxylation is 1. The number of hydrogen-bond acceptors (Lipinski definition) is 3. The number of nitrogens with zero attached hydrogens (tertiary/aromatic N) is 4. The summed E-state index contributed by atoms with van der Waals surface area (Å²) < 4.78 is 1.80. The maximum atomic E-state index is 13.7. The molecule has 0 bridgehead atoms. The van der Waals surface area contributed by atoms with Crippen molar-refractivity contribution < 1.29 is 9.59 Å². The van der Waals surface area contributed by atoms with E-state index in [1.807, 2.05) is 71.5 Å². The maximum Gasteiger partial charge on any atom is 0.257 e. The van der Waals surface area contributed by atoms with Gasteiger partial charge in [0.1, 0.15) is 5.69 Å². The Bertz CT molecular complexity index is 1160. The molecule has 2 fully saturated rings. The number of carbonyl (C=O) groups is 2. The molecule has 0 N–H and O–H groups in total. The second-order valence-electron chi connectivity index (χ2n) is 9.57. The first-order chi connectivity index (χ1) is 16.6. The summed E-state index contributed by atoms with van der Waals surface area (Å²) in [7, 11) is 0. The van der Waals surface area contributed by atoms with E-state index in [4.69, 9.17) is 5.10 Å². The molecular weight excluding hydrogens is 424 g/mol. The highest BCUT2D eigenvalue weighted by Gasteiger charge is 2.29. The number of benzene rings is 2. The number of amides is 2. The molecule has 0 atom stereocenters. The minimum atomic E-state index is 0.0167. The van der Waals surface area contributed by atoms with Crippen molar-refractivity contribution in [3.05, 3.63) is 71.9 Å². The van der Waals surface area contributed by atoms with E-state index in [2.05, 4.69) is 6.07 Å². The third-order valence-corrected chi connectivity index (χ3v) is 7.08. The Hall–Kier alpha value is -3.41. The van der Waals surface area contributed by atoms with Crippen LogP contribution in [0.5, 0.6) is 0 Å². The van der Waals surface area contributed by atoms with Crippen molar-refractivity contribution in [2.45, 2.75) is 39.0 Å². The molecule has 176 valence electrons. The van der Waals surface area contributed by atoms with Crippen molar-refractivity contribution in [1.82, 2.24) is 19.6 Å². The molecule has 0 unspecified atom stereocenters. The van der Waals surface area contributed by atoms with Crippen molar-refractivity contribution in [3.63, 3.8) is 0 Å². The minimum absolute atomic E-state index is 0.0167. The lowest BCUT2D eigenvalue weighted by atomic mass is 9.92. The van der Waals surface area contributed by atoms with Gasteiger partial charge in [0.2, 0.25) is 5.91 Å². The fraction of sp³-hybridized carbons (Fsp3) is 0.393. The van der Waals surface area contributed by atoms with Crippen LogP contribution in [0.15, 0.2) is 60.8 Å². The Kier molecular flexibility index (Phi) is 6.48. The first-order valence-electron chi connectivity index (χ1n) is 12.4. The standard InChI is InChI=1S/C28H32N4O2/c1-21-8-7-9-23(18-21)27-25(20-32(29-27)24-10-3-2-4-11-24)28(34)31-16-12-22(13-17-31)19-26(33)30-14-5-6-15-30/h2-4,7-11,18,20,22H,5-6,12-17,19H2,1H3. The molecule has 2 aromatic carbocycles. The van der Waals surface area contributed by atoms with Gasteiger partial charge in [-0.25, -0.2) is 4.68 Å². The quantitative estimate of drug-likeness (QED) is 0.559. The Labute approximate surface area is 201 Å². The average Bonchev–Trinajstić information content (AvgIpc) is 3.56. The summed E-state index contributed by atoms with van der Waals surface area (Å²) in [4.78, 5) is 30.1. The van der Waals surface area contributed by atoms with E-state index in [9.17, 15) is 9.59 Å². The summed E-state index contributed by atoms with van der Waals surface area (Å²) in [6.07, 6.45) is 6.47. The molecule has 2 saturated heterocycles. The van der Waals surface area contributed by atoms with Crippen LogP contribution in [-0.2, 0) is 4.79 Å². The Morgan fingerprint density at radius 2 is 1.65 bits per heavy atom. The van der Waals surface area contributed by atoms with Crippen molar-refractivity contribution >= 4 is 11.8 Å². The highest BCUT2D eigenvalue weighted by molar-refractivity contribution is 6.00. The van der Waals surface area contributed by atoms with Crippen molar-refractivity contribution in [3.8, 4) is 16.9 Å². The van der Waals surface area contributed by atoms with E-state index in [1.165, 1.54) is 0 Å². The average molecular weight is 457 g/mol. The van der Waals surface area contributed by atoms with E-state index >= 15 is 0 Å². The van der Waals surface area contributed by atoms with Gasteiger partial charge in [-0.1, -0.05) is 42.0 Å². The molecule has 6 heteroatoms. The molecule has 2 aliphatic rings. The summed E-state index contributed by atoms with van der Waals surface area (Å²) in [6.45, 7) is 5.22. The number of likely N-dealkylation sites (tertiary alicyclic amines) is 2. The van der Waals surface area contributed by atoms with Crippen LogP contribution in [0.1, 0.15) is 48.0 Å². The fourth-order valence-corrected chi connectivity index (χ4v) is 5.10. The molecule has 2 aliphatic heterocycles. The monoisotopic (exact) mass is 456 g/mol. The number of aromatic nitrogens is 2. The molecule has 3 aromatic rings. The molecule has 0 aliphatic carbocycles. The molecule has 3 heterocycles. The summed E-state index contributed by atoms with van der Waals surface area (Å²) in [5.41, 5.74) is 4.34. The molecule has 34 heavy (non-hydrogen) atoms. The van der Waals surface area contributed by atoms with Gasteiger partial charge in [-0.15, -0.1) is 0 Å². The molecule has 5 rings (SSSR count). The van der Waals surface area contributed by atoms with E-state index in [0.717, 1.165) is 55.6 Å². The van der Waals surface area contributed by atoms with E-state index in [-0.39, 0.29) is 11.8 Å². The number of carbonyl (C=O) groups excluding carboxylic acids is 2. The SMILES string of the molecule is Cc1cccc(-c2nn(-c3ccccc3)cc2C(=O)N2CCC(CC(=O)N3CCCC3)CC2)c1. The van der Waals surface area contributed by atoms with Crippen LogP contribution < -0.4 is 0 Å². The van der Waals surface area contributed by atoms with Crippen LogP contribution in [0.4, 0.5) is 0 Å². The number of piperidine rings is 1. The molecule has 0 spiro atoms. The zero-order chi connectivity index (χ0) is 23.5. The van der Waals surface area contributed by atoms with E-state index < -0.39 is 0 Å². The lowest BCUT2D eigenvalue weighted by Crippen LogP contribution is -2.40. The Morgan fingerprint density at radius 3 is 2.35 bits per heavy atom. The van der Waals surface area contributed by atoms with Gasteiger partial charge in [0.05, 0.1) is 11.3 Å². The van der Waals surface area contributed by atoms with Crippen LogP contribution in [-0.4, -0.2) is 57.6 Å². The zero-order valence-electron chi connectivity index (χ0n) is 19.8. The second kappa shape index (κ2) is 9.84. The van der Waals surface area contributed by atoms with Crippen molar-refractivity contribution in [1.29, 1.82) is 0 Å². The molecule has 1 aromatic heterocycles. The highest BCUT2D eigenvalue weighted by atomic mass is 16.2. The van der Waals surface area contributed by atoms with Crippen LogP contribution in [0.25, 0.3) is 16.9 Å². The third-order valence-electron chi connectivity index (χ3n) is 7.08. The Balaban J connectivity index is 1.34. The summed E-state index contributed by atoms with van der Waals surface area (Å²) in [5.74, 6) is 0.664. The van der Waals surface area contributed by atoms with E-state index in [0.29, 0.717) is 36.7 Å². The number of para-hydroxylation sites is 1. The smallest absolute Gasteiger partial charge is 0.257 e. The Morgan fingerprint density at radius 1 is 0.912 bits per heavy atom. The highest BCUT2D eigenvalue weighted by Crippen LogP contribution is 2.28. The minimum Gasteiger partial charge on any atom is -0.343 e. The van der Waals surface area contributed by atoms with Crippen LogP contribution in [0.3, 0.4) is 0 Å². The number of rotatable bonds is 5. The predicted molar refractivity (Wildman–Crippen MR) is 133 cm³/mol. The largest absolute Gasteiger partial charge is 0.343 e. The predicted octanol–water partition coefficient (Wildman–Crippen LogP) is 4.71. The lowest BCUT2D eigenvalue weighted by Gasteiger charge is -2.32. The first kappa shape index (κ1) is 22.4. The molecule has 0 saturated carbocycles. The van der Waals surface area contributed by atoms with Gasteiger partial charge in [0.15, 0.2) is 0 Å². The molecule has 6 nitrogen and oxygen atoms in total. The first-order valence-corrected chi connectivity index (χ1v) is 12.4. The van der Waals surface area contributed by atoms with Gasteiger partial charge in [-0.05, 0) is 56.7 Å². The number of hydrogen-bond donors (Lipinski definition) is 0. The van der Waals surface area contributed by atoms with Gasteiger partial charge < -0.3 is 9.80 Å². The summed E-state index contributed by atoms with van der Waals surface area (Å²) in [5, 5.41) is 4.83. The van der Waals surface area contributed by atoms with Gasteiger partial charge in [-0.3, -0.25) is 9.59 Å². The molecule has 2 amide bonds. The normalized spacial score (nSPS) is 16.7. The summed E-state index contributed by atoms with van der Waals surface area (Å²) in [6, 6.07) is 18.0. The van der Waals surface area contributed by atoms with Crippen molar-refractivity contribution in [2.75, 3.05) is 26.2 Å². The topological polar surface area (TPSA) is 58.4 Å². The van der Waals surface area contributed by atoms with Gasteiger partial charge >= 0.3 is 0 Å².